The first-order valence-corrected chi connectivity index (χ1v) is 9.71. The number of hydrogen-bond acceptors (Lipinski definition) is 6. The molecule has 3 N–H and O–H groups in total. The van der Waals surface area contributed by atoms with Crippen LogP contribution in [0.4, 0.5) is 5.82 Å². The number of piperidine rings is 1. The van der Waals surface area contributed by atoms with Gasteiger partial charge in [0.2, 0.25) is 20.0 Å². The fraction of sp³-hybridized carbons (Fsp3) is 0.545. The van der Waals surface area contributed by atoms with E-state index in [9.17, 15) is 16.8 Å². The molecule has 8 nitrogen and oxygen atoms in total. The van der Waals surface area contributed by atoms with Crippen molar-refractivity contribution < 1.29 is 16.8 Å². The van der Waals surface area contributed by atoms with Gasteiger partial charge >= 0.3 is 0 Å². The molecular weight excluding hydrogens is 316 g/mol. The van der Waals surface area contributed by atoms with Crippen LogP contribution in [-0.2, 0) is 20.0 Å². The molecule has 0 radical (unpaired) electrons. The molecule has 0 atom stereocenters. The van der Waals surface area contributed by atoms with Crippen molar-refractivity contribution in [3.63, 3.8) is 0 Å². The molecule has 118 valence electrons. The van der Waals surface area contributed by atoms with Crippen LogP contribution in [0.3, 0.4) is 0 Å². The molecule has 0 amide bonds. The van der Waals surface area contributed by atoms with E-state index in [-0.39, 0.29) is 29.8 Å². The fourth-order valence-corrected chi connectivity index (χ4v) is 4.66. The minimum absolute atomic E-state index is 0.0143. The number of hydrogen-bond donors (Lipinski definition) is 2. The molecule has 21 heavy (non-hydrogen) atoms. The second kappa shape index (κ2) is 5.87. The molecule has 2 rings (SSSR count). The van der Waals surface area contributed by atoms with Crippen LogP contribution in [0.1, 0.15) is 12.8 Å². The zero-order valence-electron chi connectivity index (χ0n) is 11.6. The standard InChI is InChI=1S/C11H18N4O4S2/c1-20(16,17)14-9-4-7-15(8-5-9)21(18,19)10-3-2-6-13-11(10)12/h2-3,6,9,14H,4-5,7-8H2,1H3,(H2,12,13). The number of sulfonamides is 2. The number of nitrogen functional groups attached to an aromatic ring is 1. The van der Waals surface area contributed by atoms with Gasteiger partial charge in [0, 0.05) is 25.3 Å². The summed E-state index contributed by atoms with van der Waals surface area (Å²) in [5.74, 6) is -0.0334. The van der Waals surface area contributed by atoms with Crippen molar-refractivity contribution in [2.75, 3.05) is 25.1 Å². The first kappa shape index (κ1) is 16.1. The van der Waals surface area contributed by atoms with E-state index in [2.05, 4.69) is 9.71 Å². The highest BCUT2D eigenvalue weighted by molar-refractivity contribution is 7.89. The van der Waals surface area contributed by atoms with Crippen molar-refractivity contribution in [2.24, 2.45) is 0 Å². The lowest BCUT2D eigenvalue weighted by Gasteiger charge is -2.31. The third kappa shape index (κ3) is 3.90. The Morgan fingerprint density at radius 2 is 1.90 bits per heavy atom. The van der Waals surface area contributed by atoms with Crippen LogP contribution in [0.25, 0.3) is 0 Å². The zero-order valence-corrected chi connectivity index (χ0v) is 13.2. The Labute approximate surface area is 124 Å². The second-order valence-corrected chi connectivity index (χ2v) is 8.64. The highest BCUT2D eigenvalue weighted by atomic mass is 32.2. The van der Waals surface area contributed by atoms with Crippen LogP contribution in [0.5, 0.6) is 0 Å². The molecule has 0 unspecified atom stereocenters. The van der Waals surface area contributed by atoms with E-state index in [4.69, 9.17) is 5.73 Å². The van der Waals surface area contributed by atoms with Crippen LogP contribution in [0.15, 0.2) is 23.2 Å². The fourth-order valence-electron chi connectivity index (χ4n) is 2.28. The van der Waals surface area contributed by atoms with Gasteiger partial charge in [0.15, 0.2) is 0 Å². The highest BCUT2D eigenvalue weighted by Gasteiger charge is 2.31. The molecule has 0 spiro atoms. The summed E-state index contributed by atoms with van der Waals surface area (Å²) in [6, 6.07) is 2.69. The highest BCUT2D eigenvalue weighted by Crippen LogP contribution is 2.23. The number of nitrogens with one attached hydrogen (secondary N) is 1. The Bertz CT molecular complexity index is 709. The van der Waals surface area contributed by atoms with Crippen LogP contribution in [0, 0.1) is 0 Å². The van der Waals surface area contributed by atoms with E-state index >= 15 is 0 Å². The molecule has 2 heterocycles. The lowest BCUT2D eigenvalue weighted by atomic mass is 10.1. The topological polar surface area (TPSA) is 122 Å². The molecule has 0 bridgehead atoms. The summed E-state index contributed by atoms with van der Waals surface area (Å²) >= 11 is 0. The maximum absolute atomic E-state index is 12.5. The summed E-state index contributed by atoms with van der Waals surface area (Å²) in [6.45, 7) is 0.480. The maximum atomic E-state index is 12.5. The van der Waals surface area contributed by atoms with Crippen molar-refractivity contribution in [3.8, 4) is 0 Å². The minimum atomic E-state index is -3.69. The number of pyridine rings is 1. The maximum Gasteiger partial charge on any atom is 0.246 e. The SMILES string of the molecule is CS(=O)(=O)NC1CCN(S(=O)(=O)c2cccnc2N)CC1. The van der Waals surface area contributed by atoms with E-state index in [1.807, 2.05) is 0 Å². The zero-order chi connectivity index (χ0) is 15.7. The van der Waals surface area contributed by atoms with Crippen LogP contribution in [0.2, 0.25) is 0 Å². The predicted molar refractivity (Wildman–Crippen MR) is 78.4 cm³/mol. The van der Waals surface area contributed by atoms with Crippen LogP contribution < -0.4 is 10.5 Å². The largest absolute Gasteiger partial charge is 0.383 e. The van der Waals surface area contributed by atoms with Crippen LogP contribution in [-0.4, -0.2) is 51.5 Å². The summed E-state index contributed by atoms with van der Waals surface area (Å²) in [6.07, 6.45) is 3.36. The molecule has 0 aromatic carbocycles. The van der Waals surface area contributed by atoms with Crippen LogP contribution >= 0.6 is 0 Å². The summed E-state index contributed by atoms with van der Waals surface area (Å²) < 4.78 is 51.1. The van der Waals surface area contributed by atoms with E-state index in [1.54, 1.807) is 0 Å². The molecule has 10 heteroatoms. The van der Waals surface area contributed by atoms with Gasteiger partial charge in [-0.1, -0.05) is 0 Å². The van der Waals surface area contributed by atoms with Gasteiger partial charge in [-0.2, -0.15) is 4.31 Å². The summed E-state index contributed by atoms with van der Waals surface area (Å²) in [7, 11) is -6.97. The third-order valence-corrected chi connectivity index (χ3v) is 5.96. The van der Waals surface area contributed by atoms with Gasteiger partial charge in [-0.25, -0.2) is 26.5 Å². The molecule has 0 aliphatic carbocycles. The Kier molecular flexibility index (Phi) is 4.51. The Morgan fingerprint density at radius 3 is 2.43 bits per heavy atom. The van der Waals surface area contributed by atoms with E-state index in [0.29, 0.717) is 12.8 Å². The lowest BCUT2D eigenvalue weighted by Crippen LogP contribution is -2.46. The van der Waals surface area contributed by atoms with Gasteiger partial charge in [-0.15, -0.1) is 0 Å². The van der Waals surface area contributed by atoms with Gasteiger partial charge in [0.05, 0.1) is 6.26 Å². The smallest absolute Gasteiger partial charge is 0.246 e. The molecule has 1 aromatic rings. The van der Waals surface area contributed by atoms with E-state index in [0.717, 1.165) is 6.26 Å². The normalized spacial score (nSPS) is 18.7. The summed E-state index contributed by atoms with van der Waals surface area (Å²) in [5, 5.41) is 0. The quantitative estimate of drug-likeness (QED) is 0.755. The van der Waals surface area contributed by atoms with E-state index < -0.39 is 20.0 Å². The van der Waals surface area contributed by atoms with Gasteiger partial charge in [0.1, 0.15) is 10.7 Å². The first-order chi connectivity index (χ1) is 9.70. The van der Waals surface area contributed by atoms with Gasteiger partial charge < -0.3 is 5.73 Å². The number of rotatable bonds is 4. The van der Waals surface area contributed by atoms with Crippen molar-refractivity contribution >= 4 is 25.9 Å². The minimum Gasteiger partial charge on any atom is -0.383 e. The van der Waals surface area contributed by atoms with Gasteiger partial charge in [0.25, 0.3) is 0 Å². The molecule has 0 saturated carbocycles. The number of nitrogens with two attached hydrogens (primary N) is 1. The molecule has 1 saturated heterocycles. The predicted octanol–water partition coefficient (Wildman–Crippen LogP) is -0.634. The number of aromatic nitrogens is 1. The monoisotopic (exact) mass is 334 g/mol. The molecule has 1 aromatic heterocycles. The van der Waals surface area contributed by atoms with Crippen molar-refractivity contribution in [3.05, 3.63) is 18.3 Å². The van der Waals surface area contributed by atoms with Crippen molar-refractivity contribution in [2.45, 2.75) is 23.8 Å². The molecule has 1 fully saturated rings. The summed E-state index contributed by atoms with van der Waals surface area (Å²) in [4.78, 5) is 3.77. The summed E-state index contributed by atoms with van der Waals surface area (Å²) in [5.41, 5.74) is 5.62. The number of nitrogens with zero attached hydrogens (tertiary/aromatic N) is 2. The van der Waals surface area contributed by atoms with Gasteiger partial charge in [-0.3, -0.25) is 0 Å². The van der Waals surface area contributed by atoms with Gasteiger partial charge in [-0.05, 0) is 25.0 Å². The third-order valence-electron chi connectivity index (χ3n) is 3.25. The van der Waals surface area contributed by atoms with Crippen molar-refractivity contribution in [1.82, 2.24) is 14.0 Å². The second-order valence-electron chi connectivity index (χ2n) is 4.96. The number of anilines is 1. The molecular formula is C11H18N4O4S2. The first-order valence-electron chi connectivity index (χ1n) is 6.38. The molecule has 1 aliphatic rings. The molecule has 1 aliphatic heterocycles. The average Bonchev–Trinajstić information content (AvgIpc) is 2.37. The Hall–Kier alpha value is -1.23. The van der Waals surface area contributed by atoms with E-state index in [1.165, 1.54) is 22.6 Å². The Balaban J connectivity index is 2.10. The average molecular weight is 334 g/mol. The Morgan fingerprint density at radius 1 is 1.29 bits per heavy atom. The van der Waals surface area contributed by atoms with Crippen molar-refractivity contribution in [1.29, 1.82) is 0 Å². The lowest BCUT2D eigenvalue weighted by molar-refractivity contribution is 0.309.